The molecule has 2 amide bonds. The van der Waals surface area contributed by atoms with Gasteiger partial charge in [-0.1, -0.05) is 13.3 Å². The lowest BCUT2D eigenvalue weighted by molar-refractivity contribution is -0.115. The average Bonchev–Trinajstić information content (AvgIpc) is 2.61. The summed E-state index contributed by atoms with van der Waals surface area (Å²) in [6.45, 7) is 2.65. The molecule has 0 unspecified atom stereocenters. The Kier molecular flexibility index (Phi) is 6.76. The van der Waals surface area contributed by atoms with Gasteiger partial charge in [0.1, 0.15) is 5.75 Å². The number of nitrogens with one attached hydrogen (secondary N) is 2. The highest BCUT2D eigenvalue weighted by atomic mass is 16.5. The van der Waals surface area contributed by atoms with Gasteiger partial charge in [0.25, 0.3) is 5.91 Å². The number of aromatic nitrogens is 1. The van der Waals surface area contributed by atoms with Crippen molar-refractivity contribution in [3.63, 3.8) is 0 Å². The first-order valence-electron chi connectivity index (χ1n) is 7.90. The maximum absolute atomic E-state index is 12.0. The summed E-state index contributed by atoms with van der Waals surface area (Å²) in [6, 6.07) is 10.3. The molecule has 0 fully saturated rings. The van der Waals surface area contributed by atoms with Crippen molar-refractivity contribution in [3.8, 4) is 5.75 Å². The highest BCUT2D eigenvalue weighted by Gasteiger charge is 2.08. The van der Waals surface area contributed by atoms with E-state index in [9.17, 15) is 9.59 Å². The van der Waals surface area contributed by atoms with Gasteiger partial charge in [0.05, 0.1) is 25.0 Å². The number of benzene rings is 1. The summed E-state index contributed by atoms with van der Waals surface area (Å²) < 4.78 is 5.54. The first kappa shape index (κ1) is 17.5. The Balaban J connectivity index is 1.78. The first-order valence-corrected chi connectivity index (χ1v) is 7.90. The molecule has 0 saturated carbocycles. The van der Waals surface area contributed by atoms with Crippen molar-refractivity contribution in [1.82, 2.24) is 10.3 Å². The number of nitrogens with zero attached hydrogens (tertiary/aromatic N) is 1. The van der Waals surface area contributed by atoms with E-state index in [2.05, 4.69) is 22.5 Å². The van der Waals surface area contributed by atoms with Crippen molar-refractivity contribution in [3.05, 3.63) is 54.4 Å². The van der Waals surface area contributed by atoms with E-state index < -0.39 is 0 Å². The van der Waals surface area contributed by atoms with Gasteiger partial charge >= 0.3 is 0 Å². The largest absolute Gasteiger partial charge is 0.494 e. The van der Waals surface area contributed by atoms with Crippen LogP contribution < -0.4 is 15.4 Å². The molecule has 0 aliphatic heterocycles. The van der Waals surface area contributed by atoms with E-state index in [1.807, 2.05) is 0 Å². The topological polar surface area (TPSA) is 80.3 Å². The number of carbonyl (C=O) groups excluding carboxylic acids is 2. The van der Waals surface area contributed by atoms with E-state index in [1.54, 1.807) is 42.6 Å². The Morgan fingerprint density at radius 1 is 1.17 bits per heavy atom. The average molecular weight is 327 g/mol. The molecule has 2 rings (SSSR count). The quantitative estimate of drug-likeness (QED) is 0.730. The molecule has 2 N–H and O–H groups in total. The molecule has 1 heterocycles. The molecule has 0 bridgehead atoms. The number of hydrogen-bond donors (Lipinski definition) is 2. The van der Waals surface area contributed by atoms with E-state index in [0.717, 1.165) is 18.6 Å². The fourth-order valence-electron chi connectivity index (χ4n) is 1.94. The second-order valence-electron chi connectivity index (χ2n) is 5.20. The fraction of sp³-hybridized carbons (Fsp3) is 0.278. The number of ether oxygens (including phenoxy) is 1. The van der Waals surface area contributed by atoms with Gasteiger partial charge in [-0.2, -0.15) is 0 Å². The SMILES string of the molecule is CCCCOc1ccc(C(=O)NCC(=O)Nc2cccnc2)cc1. The van der Waals surface area contributed by atoms with Crippen LogP contribution in [0.15, 0.2) is 48.8 Å². The lowest BCUT2D eigenvalue weighted by Crippen LogP contribution is -2.32. The predicted octanol–water partition coefficient (Wildman–Crippen LogP) is 2.63. The second kappa shape index (κ2) is 9.29. The lowest BCUT2D eigenvalue weighted by atomic mass is 10.2. The first-order chi connectivity index (χ1) is 11.7. The van der Waals surface area contributed by atoms with Gasteiger partial charge in [0.15, 0.2) is 0 Å². The van der Waals surface area contributed by atoms with Crippen molar-refractivity contribution in [2.45, 2.75) is 19.8 Å². The summed E-state index contributed by atoms with van der Waals surface area (Å²) in [6.07, 6.45) is 5.22. The fourth-order valence-corrected chi connectivity index (χ4v) is 1.94. The standard InChI is InChI=1S/C18H21N3O3/c1-2-3-11-24-16-8-6-14(7-9-16)18(23)20-13-17(22)21-15-5-4-10-19-12-15/h4-10,12H,2-3,11,13H2,1H3,(H,20,23)(H,21,22). The van der Waals surface area contributed by atoms with Gasteiger partial charge in [0, 0.05) is 11.8 Å². The molecule has 2 aromatic rings. The third kappa shape index (κ3) is 5.72. The lowest BCUT2D eigenvalue weighted by Gasteiger charge is -2.08. The van der Waals surface area contributed by atoms with Gasteiger partial charge in [0.2, 0.25) is 5.91 Å². The zero-order valence-corrected chi connectivity index (χ0v) is 13.6. The molecule has 0 atom stereocenters. The normalized spacial score (nSPS) is 10.0. The van der Waals surface area contributed by atoms with Gasteiger partial charge < -0.3 is 15.4 Å². The van der Waals surface area contributed by atoms with Crippen LogP contribution >= 0.6 is 0 Å². The molecule has 6 nitrogen and oxygen atoms in total. The summed E-state index contributed by atoms with van der Waals surface area (Å²) >= 11 is 0. The molecule has 0 saturated heterocycles. The summed E-state index contributed by atoms with van der Waals surface area (Å²) in [4.78, 5) is 27.7. The van der Waals surface area contributed by atoms with Gasteiger partial charge in [-0.05, 0) is 42.8 Å². The number of rotatable bonds is 8. The molecule has 0 aliphatic carbocycles. The third-order valence-electron chi connectivity index (χ3n) is 3.24. The van der Waals surface area contributed by atoms with Crippen molar-refractivity contribution in [2.24, 2.45) is 0 Å². The van der Waals surface area contributed by atoms with E-state index in [4.69, 9.17) is 4.74 Å². The molecular formula is C18H21N3O3. The molecule has 1 aromatic heterocycles. The Morgan fingerprint density at radius 3 is 2.62 bits per heavy atom. The van der Waals surface area contributed by atoms with Gasteiger partial charge in [-0.15, -0.1) is 0 Å². The van der Waals surface area contributed by atoms with Gasteiger partial charge in [-0.3, -0.25) is 14.6 Å². The van der Waals surface area contributed by atoms with Crippen LogP contribution in [0, 0.1) is 0 Å². The smallest absolute Gasteiger partial charge is 0.251 e. The van der Waals surface area contributed by atoms with Crippen LogP contribution in [-0.2, 0) is 4.79 Å². The van der Waals surface area contributed by atoms with Crippen molar-refractivity contribution < 1.29 is 14.3 Å². The van der Waals surface area contributed by atoms with E-state index >= 15 is 0 Å². The minimum Gasteiger partial charge on any atom is -0.494 e. The highest BCUT2D eigenvalue weighted by Crippen LogP contribution is 2.12. The second-order valence-corrected chi connectivity index (χ2v) is 5.20. The number of anilines is 1. The monoisotopic (exact) mass is 327 g/mol. The van der Waals surface area contributed by atoms with Crippen LogP contribution in [-0.4, -0.2) is 29.9 Å². The molecular weight excluding hydrogens is 306 g/mol. The Bertz CT molecular complexity index is 657. The maximum atomic E-state index is 12.0. The Labute approximate surface area is 141 Å². The van der Waals surface area contributed by atoms with E-state index in [-0.39, 0.29) is 18.4 Å². The van der Waals surface area contributed by atoms with Crippen LogP contribution in [0.3, 0.4) is 0 Å². The molecule has 126 valence electrons. The van der Waals surface area contributed by atoms with Crippen LogP contribution in [0.2, 0.25) is 0 Å². The maximum Gasteiger partial charge on any atom is 0.251 e. The summed E-state index contributed by atoms with van der Waals surface area (Å²) in [5.74, 6) is 0.113. The molecule has 0 aliphatic rings. The van der Waals surface area contributed by atoms with E-state index in [0.29, 0.717) is 17.9 Å². The number of carbonyl (C=O) groups is 2. The highest BCUT2D eigenvalue weighted by molar-refractivity contribution is 5.99. The number of hydrogen-bond acceptors (Lipinski definition) is 4. The van der Waals surface area contributed by atoms with E-state index in [1.165, 1.54) is 6.20 Å². The van der Waals surface area contributed by atoms with Crippen molar-refractivity contribution in [1.29, 1.82) is 0 Å². The third-order valence-corrected chi connectivity index (χ3v) is 3.24. The van der Waals surface area contributed by atoms with Gasteiger partial charge in [-0.25, -0.2) is 0 Å². The minimum atomic E-state index is -0.309. The van der Waals surface area contributed by atoms with Crippen molar-refractivity contribution >= 4 is 17.5 Å². The minimum absolute atomic E-state index is 0.109. The molecule has 0 spiro atoms. The Morgan fingerprint density at radius 2 is 1.96 bits per heavy atom. The van der Waals surface area contributed by atoms with Crippen molar-refractivity contribution in [2.75, 3.05) is 18.5 Å². The van der Waals surface area contributed by atoms with Crippen LogP contribution in [0.25, 0.3) is 0 Å². The van der Waals surface area contributed by atoms with Crippen LogP contribution in [0.5, 0.6) is 5.75 Å². The number of pyridine rings is 1. The molecule has 0 radical (unpaired) electrons. The Hall–Kier alpha value is -2.89. The van der Waals surface area contributed by atoms with Crippen LogP contribution in [0.1, 0.15) is 30.1 Å². The molecule has 24 heavy (non-hydrogen) atoms. The summed E-state index contributed by atoms with van der Waals surface area (Å²) in [5, 5.41) is 5.23. The number of unbranched alkanes of at least 4 members (excludes halogenated alkanes) is 1. The molecule has 1 aromatic carbocycles. The van der Waals surface area contributed by atoms with Crippen LogP contribution in [0.4, 0.5) is 5.69 Å². The zero-order valence-electron chi connectivity index (χ0n) is 13.6. The predicted molar refractivity (Wildman–Crippen MR) is 92.0 cm³/mol. The molecule has 6 heteroatoms. The summed E-state index contributed by atoms with van der Waals surface area (Å²) in [7, 11) is 0. The summed E-state index contributed by atoms with van der Waals surface area (Å²) in [5.41, 5.74) is 1.07. The zero-order chi connectivity index (χ0) is 17.2. The number of amides is 2.